The second kappa shape index (κ2) is 9.14. The Balaban J connectivity index is 1.25. The molecule has 0 radical (unpaired) electrons. The van der Waals surface area contributed by atoms with Gasteiger partial charge in [-0.05, 0) is 106 Å². The maximum atomic E-state index is 2.94. The Morgan fingerprint density at radius 2 is 1.73 bits per heavy atom. The number of fused-ring (bicyclic) bond motifs is 7. The zero-order chi connectivity index (χ0) is 33.4. The lowest BCUT2D eigenvalue weighted by Gasteiger charge is -2.64. The Kier molecular flexibility index (Phi) is 5.42. The number of aryl methyl sites for hydroxylation is 1. The van der Waals surface area contributed by atoms with Crippen molar-refractivity contribution in [2.75, 3.05) is 0 Å². The third-order valence-corrected chi connectivity index (χ3v) is 15.2. The number of piperidine rings is 1. The molecule has 2 fully saturated rings. The monoisotopic (exact) mass is 640 g/mol. The van der Waals surface area contributed by atoms with E-state index in [1.807, 2.05) is 0 Å². The zero-order valence-electron chi connectivity index (χ0n) is 30.4. The van der Waals surface area contributed by atoms with Gasteiger partial charge >= 0.3 is 0 Å². The van der Waals surface area contributed by atoms with E-state index in [0.29, 0.717) is 36.4 Å². The summed E-state index contributed by atoms with van der Waals surface area (Å²) in [6.45, 7) is 18.0. The molecule has 5 heterocycles. The first-order valence-corrected chi connectivity index (χ1v) is 19.3. The van der Waals surface area contributed by atoms with Gasteiger partial charge in [0.2, 0.25) is 6.71 Å². The minimum atomic E-state index is -0.106. The van der Waals surface area contributed by atoms with Crippen molar-refractivity contribution >= 4 is 6.71 Å². The van der Waals surface area contributed by atoms with Crippen LogP contribution in [-0.4, -0.2) is 28.6 Å². The third kappa shape index (κ3) is 3.24. The first-order valence-electron chi connectivity index (χ1n) is 19.3. The van der Waals surface area contributed by atoms with Crippen LogP contribution in [0, 0.1) is 29.6 Å². The molecule has 1 aromatic carbocycles. The lowest BCUT2D eigenvalue weighted by molar-refractivity contribution is 0.139. The molecule has 0 N–H and O–H groups in total. The topological polar surface area (TPSA) is 6.48 Å². The molecule has 5 aliphatic carbocycles. The van der Waals surface area contributed by atoms with Gasteiger partial charge < -0.3 is 9.80 Å². The largest absolute Gasteiger partial charge is 0.339 e. The summed E-state index contributed by atoms with van der Waals surface area (Å²) in [7, 11) is 0. The van der Waals surface area contributed by atoms with Gasteiger partial charge in [-0.3, -0.25) is 0 Å². The summed E-state index contributed by atoms with van der Waals surface area (Å²) in [6, 6.07) is 9.87. The summed E-state index contributed by atoms with van der Waals surface area (Å²) in [5, 5.41) is 0. The molecule has 0 bridgehead atoms. The minimum absolute atomic E-state index is 0.0999. The summed E-state index contributed by atoms with van der Waals surface area (Å²) in [5.41, 5.74) is 20.9. The standard InChI is InChI=1S/C46H49BN2/c1-26-14-8-9-15-28(26)44(2,3)31-22-24-36-40-38(31)27-20-21-32-42-39(27)47(40)41-37(49(42)35-19-13-11-17-30(35)45(32,4)5)25-23-33-43(41)48(36)34-18-12-10-16-29(34)46(33,6)7/h8-10,12,14-15,17-22,24,29,32,36,40,42H,11,13,16,23,25H2,1-7H3. The zero-order valence-corrected chi connectivity index (χ0v) is 30.4. The van der Waals surface area contributed by atoms with Crippen LogP contribution in [0.3, 0.4) is 0 Å². The average Bonchev–Trinajstić information content (AvgIpc) is 3.45. The van der Waals surface area contributed by atoms with Crippen molar-refractivity contribution in [2.24, 2.45) is 22.7 Å². The summed E-state index contributed by atoms with van der Waals surface area (Å²) in [5.74, 6) is 1.42. The molecular formula is C46H49BN2. The van der Waals surface area contributed by atoms with E-state index >= 15 is 0 Å². The normalized spacial score (nSPS) is 33.4. The summed E-state index contributed by atoms with van der Waals surface area (Å²) >= 11 is 0. The molecule has 5 aliphatic heterocycles. The predicted octanol–water partition coefficient (Wildman–Crippen LogP) is 10.4. The first-order chi connectivity index (χ1) is 23.5. The smallest absolute Gasteiger partial charge is 0.222 e. The molecule has 11 rings (SSSR count). The van der Waals surface area contributed by atoms with Crippen LogP contribution in [0.4, 0.5) is 0 Å². The first kappa shape index (κ1) is 29.1. The second-order valence-electron chi connectivity index (χ2n) is 18.3. The number of nitrogens with zero attached hydrogens (tertiary/aromatic N) is 2. The number of rotatable bonds is 2. The van der Waals surface area contributed by atoms with E-state index in [0.717, 1.165) is 19.3 Å². The quantitative estimate of drug-likeness (QED) is 0.297. The molecule has 3 heteroatoms. The van der Waals surface area contributed by atoms with Gasteiger partial charge in [0.25, 0.3) is 0 Å². The van der Waals surface area contributed by atoms with Gasteiger partial charge in [0.15, 0.2) is 0 Å². The van der Waals surface area contributed by atoms with Crippen LogP contribution in [-0.2, 0) is 5.41 Å². The van der Waals surface area contributed by atoms with E-state index in [4.69, 9.17) is 0 Å². The van der Waals surface area contributed by atoms with Gasteiger partial charge in [0.1, 0.15) is 0 Å². The van der Waals surface area contributed by atoms with Gasteiger partial charge in [-0.1, -0.05) is 120 Å². The molecule has 2 saturated heterocycles. The van der Waals surface area contributed by atoms with Gasteiger partial charge in [0.05, 0.1) is 12.1 Å². The maximum Gasteiger partial charge on any atom is 0.222 e. The van der Waals surface area contributed by atoms with E-state index in [2.05, 4.69) is 137 Å². The fourth-order valence-corrected chi connectivity index (χ4v) is 13.1. The van der Waals surface area contributed by atoms with Crippen molar-refractivity contribution in [1.29, 1.82) is 0 Å². The summed E-state index contributed by atoms with van der Waals surface area (Å²) in [6.07, 6.45) is 28.9. The van der Waals surface area contributed by atoms with Crippen molar-refractivity contribution in [3.05, 3.63) is 152 Å². The van der Waals surface area contributed by atoms with E-state index in [1.165, 1.54) is 29.7 Å². The molecule has 1 aromatic rings. The maximum absolute atomic E-state index is 2.94. The Bertz CT molecular complexity index is 2130. The molecule has 0 saturated carbocycles. The second-order valence-corrected chi connectivity index (χ2v) is 18.3. The molecule has 5 unspecified atom stereocenters. The highest BCUT2D eigenvalue weighted by molar-refractivity contribution is 6.80. The molecule has 0 amide bonds. The van der Waals surface area contributed by atoms with Crippen molar-refractivity contribution in [2.45, 2.75) is 104 Å². The Morgan fingerprint density at radius 1 is 0.918 bits per heavy atom. The highest BCUT2D eigenvalue weighted by Crippen LogP contribution is 2.70. The molecule has 246 valence electrons. The SMILES string of the molecule is Cc1ccccc1C(C)(C)C1=C2C3=C4B5C6=C(CCC7=C6N(C6=CC=CCC6C7(C)C)C(C=C1)C52)N1C2=CCCC=C2C(C)(C)C(C=C3)C41. The van der Waals surface area contributed by atoms with Crippen molar-refractivity contribution in [3.63, 3.8) is 0 Å². The predicted molar refractivity (Wildman–Crippen MR) is 202 cm³/mol. The van der Waals surface area contributed by atoms with Crippen molar-refractivity contribution in [3.8, 4) is 0 Å². The molecule has 49 heavy (non-hydrogen) atoms. The Hall–Kier alpha value is -3.72. The van der Waals surface area contributed by atoms with Crippen molar-refractivity contribution < 1.29 is 0 Å². The van der Waals surface area contributed by atoms with E-state index in [-0.39, 0.29) is 16.2 Å². The number of hydrogen-bond donors (Lipinski definition) is 0. The van der Waals surface area contributed by atoms with Gasteiger partial charge in [-0.15, -0.1) is 0 Å². The van der Waals surface area contributed by atoms with E-state index < -0.39 is 0 Å². The van der Waals surface area contributed by atoms with Crippen LogP contribution in [0.1, 0.15) is 84.8 Å². The molecular weight excluding hydrogens is 591 g/mol. The van der Waals surface area contributed by atoms with Crippen molar-refractivity contribution in [1.82, 2.24) is 9.80 Å². The van der Waals surface area contributed by atoms with Crippen LogP contribution in [0.2, 0.25) is 5.82 Å². The molecule has 0 aromatic heterocycles. The fourth-order valence-electron chi connectivity index (χ4n) is 13.1. The fraction of sp³-hybridized carbons (Fsp3) is 0.435. The minimum Gasteiger partial charge on any atom is -0.339 e. The van der Waals surface area contributed by atoms with Gasteiger partial charge in [-0.25, -0.2) is 0 Å². The third-order valence-electron chi connectivity index (χ3n) is 15.2. The molecule has 10 aliphatic rings. The highest BCUT2D eigenvalue weighted by atomic mass is 15.3. The number of hydrogen-bond acceptors (Lipinski definition) is 2. The van der Waals surface area contributed by atoms with Gasteiger partial charge in [0, 0.05) is 40.0 Å². The van der Waals surface area contributed by atoms with E-state index in [1.54, 1.807) is 55.9 Å². The number of allylic oxidation sites excluding steroid dienone is 14. The highest BCUT2D eigenvalue weighted by Gasteiger charge is 2.66. The van der Waals surface area contributed by atoms with Crippen LogP contribution in [0.15, 0.2) is 141 Å². The van der Waals surface area contributed by atoms with Crippen LogP contribution >= 0.6 is 0 Å². The van der Waals surface area contributed by atoms with Crippen LogP contribution in [0.25, 0.3) is 0 Å². The Morgan fingerprint density at radius 3 is 2.57 bits per heavy atom. The summed E-state index contributed by atoms with van der Waals surface area (Å²) in [4.78, 5) is 5.86. The van der Waals surface area contributed by atoms with Crippen LogP contribution in [0.5, 0.6) is 0 Å². The van der Waals surface area contributed by atoms with Crippen LogP contribution < -0.4 is 0 Å². The average molecular weight is 641 g/mol. The summed E-state index contributed by atoms with van der Waals surface area (Å²) < 4.78 is 0. The lowest BCUT2D eigenvalue weighted by Crippen LogP contribution is -2.63. The molecule has 0 spiro atoms. The van der Waals surface area contributed by atoms with E-state index in [9.17, 15) is 0 Å². The molecule has 5 atom stereocenters. The molecule has 2 nitrogen and oxygen atoms in total. The van der Waals surface area contributed by atoms with Gasteiger partial charge in [-0.2, -0.15) is 0 Å². The Labute approximate surface area is 293 Å². The number of benzene rings is 1. The lowest BCUT2D eigenvalue weighted by atomic mass is 9.26.